The van der Waals surface area contributed by atoms with Crippen molar-refractivity contribution >= 4 is 10.0 Å². The molecule has 2 rings (SSSR count). The molecule has 2 N–H and O–H groups in total. The van der Waals surface area contributed by atoms with Crippen LogP contribution in [0.1, 0.15) is 33.6 Å². The van der Waals surface area contributed by atoms with E-state index in [1.807, 2.05) is 0 Å². The molecule has 1 fully saturated rings. The topological polar surface area (TPSA) is 78.1 Å². The van der Waals surface area contributed by atoms with Gasteiger partial charge in [0.1, 0.15) is 0 Å². The lowest BCUT2D eigenvalue weighted by molar-refractivity contribution is 0.100. The monoisotopic (exact) mass is 286 g/mol. The quantitative estimate of drug-likeness (QED) is 0.867. The molecule has 0 aliphatic carbocycles. The standard InChI is InChI=1S/C12H22N4O2S/c1-12(2,3)16-6-4-10(5-7-16)15-19(17,18)11-8-13-9-14-11/h8-10,15H,4-7H2,1-3H3,(H,13,14). The van der Waals surface area contributed by atoms with Gasteiger partial charge < -0.3 is 4.98 Å². The summed E-state index contributed by atoms with van der Waals surface area (Å²) in [4.78, 5) is 8.75. The first kappa shape index (κ1) is 14.5. The third-order valence-corrected chi connectivity index (χ3v) is 4.97. The first-order valence-corrected chi connectivity index (χ1v) is 8.03. The van der Waals surface area contributed by atoms with Crippen molar-refractivity contribution in [3.8, 4) is 0 Å². The second kappa shape index (κ2) is 5.22. The van der Waals surface area contributed by atoms with Gasteiger partial charge in [0.2, 0.25) is 0 Å². The fraction of sp³-hybridized carbons (Fsp3) is 0.750. The number of hydrogen-bond donors (Lipinski definition) is 2. The number of sulfonamides is 1. The Morgan fingerprint density at radius 1 is 1.37 bits per heavy atom. The number of nitrogens with one attached hydrogen (secondary N) is 2. The highest BCUT2D eigenvalue weighted by atomic mass is 32.2. The summed E-state index contributed by atoms with van der Waals surface area (Å²) in [6, 6.07) is 0.00639. The van der Waals surface area contributed by atoms with Crippen LogP contribution in [-0.2, 0) is 10.0 Å². The maximum Gasteiger partial charge on any atom is 0.257 e. The highest BCUT2D eigenvalue weighted by molar-refractivity contribution is 7.89. The summed E-state index contributed by atoms with van der Waals surface area (Å²) >= 11 is 0. The van der Waals surface area contributed by atoms with Crippen LogP contribution in [0.3, 0.4) is 0 Å². The van der Waals surface area contributed by atoms with Crippen LogP contribution in [0.15, 0.2) is 17.6 Å². The van der Waals surface area contributed by atoms with E-state index >= 15 is 0 Å². The Morgan fingerprint density at radius 2 is 2.00 bits per heavy atom. The largest absolute Gasteiger partial charge is 0.335 e. The van der Waals surface area contributed by atoms with Crippen LogP contribution >= 0.6 is 0 Å². The zero-order valence-corrected chi connectivity index (χ0v) is 12.5. The van der Waals surface area contributed by atoms with Gasteiger partial charge in [-0.2, -0.15) is 0 Å². The average Bonchev–Trinajstić information content (AvgIpc) is 2.82. The molecular formula is C12H22N4O2S. The van der Waals surface area contributed by atoms with E-state index in [2.05, 4.69) is 40.4 Å². The first-order chi connectivity index (χ1) is 8.79. The van der Waals surface area contributed by atoms with E-state index in [1.54, 1.807) is 0 Å². The number of nitrogens with zero attached hydrogens (tertiary/aromatic N) is 2. The molecule has 0 spiro atoms. The molecule has 1 aromatic rings. The van der Waals surface area contributed by atoms with Crippen molar-refractivity contribution in [1.82, 2.24) is 19.6 Å². The van der Waals surface area contributed by atoms with Gasteiger partial charge in [-0.25, -0.2) is 18.1 Å². The van der Waals surface area contributed by atoms with E-state index in [4.69, 9.17) is 0 Å². The molecule has 0 amide bonds. The highest BCUT2D eigenvalue weighted by Crippen LogP contribution is 2.21. The average molecular weight is 286 g/mol. The van der Waals surface area contributed by atoms with E-state index in [9.17, 15) is 8.42 Å². The van der Waals surface area contributed by atoms with Gasteiger partial charge in [-0.05, 0) is 33.6 Å². The van der Waals surface area contributed by atoms with Crippen molar-refractivity contribution in [1.29, 1.82) is 0 Å². The third-order valence-electron chi connectivity index (χ3n) is 3.53. The smallest absolute Gasteiger partial charge is 0.257 e. The number of hydrogen-bond acceptors (Lipinski definition) is 4. The molecule has 6 nitrogen and oxygen atoms in total. The summed E-state index contributed by atoms with van der Waals surface area (Å²) < 4.78 is 26.8. The van der Waals surface area contributed by atoms with E-state index < -0.39 is 10.0 Å². The molecule has 19 heavy (non-hydrogen) atoms. The molecular weight excluding hydrogens is 264 g/mol. The number of H-pyrrole nitrogens is 1. The molecule has 0 radical (unpaired) electrons. The van der Waals surface area contributed by atoms with Crippen LogP contribution in [0.2, 0.25) is 0 Å². The Labute approximate surface area is 114 Å². The normalized spacial score (nSPS) is 19.7. The van der Waals surface area contributed by atoms with Crippen LogP contribution in [0.4, 0.5) is 0 Å². The van der Waals surface area contributed by atoms with Crippen molar-refractivity contribution in [3.63, 3.8) is 0 Å². The van der Waals surface area contributed by atoms with Crippen molar-refractivity contribution in [3.05, 3.63) is 12.5 Å². The third kappa shape index (κ3) is 3.55. The molecule has 1 aliphatic heterocycles. The summed E-state index contributed by atoms with van der Waals surface area (Å²) in [6.45, 7) is 8.38. The van der Waals surface area contributed by atoms with Gasteiger partial charge in [0.15, 0.2) is 5.03 Å². The zero-order valence-electron chi connectivity index (χ0n) is 11.7. The maximum atomic E-state index is 12.0. The number of aromatic nitrogens is 2. The second-order valence-electron chi connectivity index (χ2n) is 5.97. The Morgan fingerprint density at radius 3 is 2.47 bits per heavy atom. The van der Waals surface area contributed by atoms with Crippen LogP contribution in [0, 0.1) is 0 Å². The SMILES string of the molecule is CC(C)(C)N1CCC(NS(=O)(=O)c2cnc[nH]2)CC1. The molecule has 0 aromatic carbocycles. The number of piperidine rings is 1. The Bertz CT molecular complexity index is 496. The molecule has 1 aromatic heterocycles. The molecule has 1 saturated heterocycles. The zero-order chi connectivity index (χ0) is 14.1. The van der Waals surface area contributed by atoms with Crippen LogP contribution in [-0.4, -0.2) is 48.0 Å². The van der Waals surface area contributed by atoms with Crippen LogP contribution in [0.5, 0.6) is 0 Å². The van der Waals surface area contributed by atoms with Gasteiger partial charge in [0.05, 0.1) is 12.5 Å². The molecule has 2 heterocycles. The fourth-order valence-corrected chi connectivity index (χ4v) is 3.55. The molecule has 7 heteroatoms. The summed E-state index contributed by atoms with van der Waals surface area (Å²) in [6.07, 6.45) is 4.37. The van der Waals surface area contributed by atoms with E-state index in [-0.39, 0.29) is 16.6 Å². The lowest BCUT2D eigenvalue weighted by Crippen LogP contribution is -2.50. The Balaban J connectivity index is 1.93. The predicted octanol–water partition coefficient (Wildman–Crippen LogP) is 0.951. The van der Waals surface area contributed by atoms with Gasteiger partial charge >= 0.3 is 0 Å². The van der Waals surface area contributed by atoms with Crippen molar-refractivity contribution in [2.24, 2.45) is 0 Å². The lowest BCUT2D eigenvalue weighted by atomic mass is 9.99. The molecule has 1 aliphatic rings. The number of likely N-dealkylation sites (tertiary alicyclic amines) is 1. The number of aromatic amines is 1. The van der Waals surface area contributed by atoms with Crippen LogP contribution in [0.25, 0.3) is 0 Å². The predicted molar refractivity (Wildman–Crippen MR) is 73.3 cm³/mol. The molecule has 0 bridgehead atoms. The molecule has 0 atom stereocenters. The summed E-state index contributed by atoms with van der Waals surface area (Å²) in [5.74, 6) is 0. The van der Waals surface area contributed by atoms with Gasteiger partial charge in [0.25, 0.3) is 10.0 Å². The fourth-order valence-electron chi connectivity index (χ4n) is 2.34. The summed E-state index contributed by atoms with van der Waals surface area (Å²) in [7, 11) is -3.46. The van der Waals surface area contributed by atoms with Crippen molar-refractivity contribution < 1.29 is 8.42 Å². The molecule has 108 valence electrons. The molecule has 0 unspecified atom stereocenters. The van der Waals surface area contributed by atoms with Crippen molar-refractivity contribution in [2.45, 2.75) is 50.2 Å². The number of rotatable bonds is 3. The molecule has 0 saturated carbocycles. The summed E-state index contributed by atoms with van der Waals surface area (Å²) in [5, 5.41) is 0.130. The second-order valence-corrected chi connectivity index (χ2v) is 7.65. The highest BCUT2D eigenvalue weighted by Gasteiger charge is 2.29. The minimum Gasteiger partial charge on any atom is -0.335 e. The van der Waals surface area contributed by atoms with Crippen molar-refractivity contribution in [2.75, 3.05) is 13.1 Å². The Kier molecular flexibility index (Phi) is 3.98. The van der Waals surface area contributed by atoms with Crippen LogP contribution < -0.4 is 4.72 Å². The van der Waals surface area contributed by atoms with E-state index in [0.717, 1.165) is 25.9 Å². The van der Waals surface area contributed by atoms with Gasteiger partial charge in [0, 0.05) is 24.7 Å². The van der Waals surface area contributed by atoms with Gasteiger partial charge in [-0.1, -0.05) is 0 Å². The minimum absolute atomic E-state index is 0.00639. The maximum absolute atomic E-state index is 12.0. The van der Waals surface area contributed by atoms with E-state index in [0.29, 0.717) is 0 Å². The summed E-state index contributed by atoms with van der Waals surface area (Å²) in [5.41, 5.74) is 0.146. The van der Waals surface area contributed by atoms with E-state index in [1.165, 1.54) is 12.5 Å². The lowest BCUT2D eigenvalue weighted by Gasteiger charge is -2.40. The number of imidazole rings is 1. The van der Waals surface area contributed by atoms with Gasteiger partial charge in [-0.15, -0.1) is 0 Å². The first-order valence-electron chi connectivity index (χ1n) is 6.55. The van der Waals surface area contributed by atoms with Gasteiger partial charge in [-0.3, -0.25) is 4.90 Å². The Hall–Kier alpha value is -0.920. The minimum atomic E-state index is -3.46.